The smallest absolute Gasteiger partial charge is 0.193 e. The summed E-state index contributed by atoms with van der Waals surface area (Å²) in [5, 5.41) is 3.47. The fourth-order valence-corrected chi connectivity index (χ4v) is 3.17. The Hall–Kier alpha value is -1.67. The van der Waals surface area contributed by atoms with Crippen molar-refractivity contribution in [3.05, 3.63) is 65.5 Å². The quantitative estimate of drug-likeness (QED) is 0.427. The van der Waals surface area contributed by atoms with E-state index in [4.69, 9.17) is 4.74 Å². The Morgan fingerprint density at radius 2 is 2.15 bits per heavy atom. The minimum atomic E-state index is 0. The van der Waals surface area contributed by atoms with Crippen LogP contribution in [0.2, 0.25) is 0 Å². The topological polar surface area (TPSA) is 49.8 Å². The van der Waals surface area contributed by atoms with Crippen LogP contribution in [0.1, 0.15) is 22.8 Å². The largest absolute Gasteiger partial charge is 0.370 e. The lowest BCUT2D eigenvalue weighted by atomic mass is 10.0. The third-order valence-electron chi connectivity index (χ3n) is 4.53. The number of benzene rings is 1. The van der Waals surface area contributed by atoms with E-state index in [1.165, 1.54) is 16.7 Å². The van der Waals surface area contributed by atoms with E-state index in [-0.39, 0.29) is 30.1 Å². The second-order valence-corrected chi connectivity index (χ2v) is 6.25. The van der Waals surface area contributed by atoms with Gasteiger partial charge < -0.3 is 15.0 Å². The third kappa shape index (κ3) is 5.41. The number of guanidine groups is 1. The Kier molecular flexibility index (Phi) is 8.31. The normalized spacial score (nSPS) is 17.5. The van der Waals surface area contributed by atoms with E-state index in [2.05, 4.69) is 57.4 Å². The number of halogens is 1. The fourth-order valence-electron chi connectivity index (χ4n) is 3.17. The van der Waals surface area contributed by atoms with Crippen molar-refractivity contribution in [2.24, 2.45) is 4.99 Å². The predicted molar refractivity (Wildman–Crippen MR) is 116 cm³/mol. The summed E-state index contributed by atoms with van der Waals surface area (Å²) in [6, 6.07) is 12.5. The standard InChI is InChI=1S/C20H26N4O.HI/c1-16-6-3-4-8-18(16)19-15-24(12-13-25-19)20(21-2)23-11-9-17-7-5-10-22-14-17;/h3-8,10,14,19H,9,11-13,15H2,1-2H3,(H,21,23);1H. The van der Waals surface area contributed by atoms with Crippen molar-refractivity contribution in [2.75, 3.05) is 33.3 Å². The van der Waals surface area contributed by atoms with Gasteiger partial charge in [-0.2, -0.15) is 0 Å². The Morgan fingerprint density at radius 1 is 1.31 bits per heavy atom. The van der Waals surface area contributed by atoms with Crippen molar-refractivity contribution in [2.45, 2.75) is 19.4 Å². The van der Waals surface area contributed by atoms with Crippen LogP contribution in [0.5, 0.6) is 0 Å². The van der Waals surface area contributed by atoms with Crippen LogP contribution < -0.4 is 5.32 Å². The number of nitrogens with zero attached hydrogens (tertiary/aromatic N) is 3. The van der Waals surface area contributed by atoms with E-state index < -0.39 is 0 Å². The van der Waals surface area contributed by atoms with Gasteiger partial charge in [-0.3, -0.25) is 9.98 Å². The number of ether oxygens (including phenoxy) is 1. The van der Waals surface area contributed by atoms with Crippen LogP contribution in [0.4, 0.5) is 0 Å². The molecule has 0 spiro atoms. The van der Waals surface area contributed by atoms with Gasteiger partial charge in [0.15, 0.2) is 5.96 Å². The van der Waals surface area contributed by atoms with Crippen LogP contribution in [0.25, 0.3) is 0 Å². The maximum atomic E-state index is 6.01. The highest BCUT2D eigenvalue weighted by Crippen LogP contribution is 2.24. The van der Waals surface area contributed by atoms with Gasteiger partial charge in [0.25, 0.3) is 0 Å². The Morgan fingerprint density at radius 3 is 2.88 bits per heavy atom. The van der Waals surface area contributed by atoms with Crippen molar-refractivity contribution in [1.29, 1.82) is 0 Å². The molecule has 1 aliphatic rings. The van der Waals surface area contributed by atoms with Gasteiger partial charge in [0, 0.05) is 32.5 Å². The second kappa shape index (κ2) is 10.5. The van der Waals surface area contributed by atoms with E-state index in [0.717, 1.165) is 32.0 Å². The van der Waals surface area contributed by atoms with Crippen LogP contribution in [-0.2, 0) is 11.2 Å². The summed E-state index contributed by atoms with van der Waals surface area (Å²) in [5.41, 5.74) is 3.76. The predicted octanol–water partition coefficient (Wildman–Crippen LogP) is 3.20. The fraction of sp³-hybridized carbons (Fsp3) is 0.400. The molecule has 0 aliphatic carbocycles. The molecule has 0 saturated carbocycles. The molecule has 2 heterocycles. The molecule has 0 amide bonds. The molecule has 1 saturated heterocycles. The Balaban J connectivity index is 0.00000243. The van der Waals surface area contributed by atoms with Gasteiger partial charge in [0.05, 0.1) is 13.2 Å². The maximum Gasteiger partial charge on any atom is 0.193 e. The summed E-state index contributed by atoms with van der Waals surface area (Å²) >= 11 is 0. The van der Waals surface area contributed by atoms with Gasteiger partial charge in [-0.1, -0.05) is 30.3 Å². The van der Waals surface area contributed by atoms with Crippen molar-refractivity contribution in [3.8, 4) is 0 Å². The zero-order valence-corrected chi connectivity index (χ0v) is 17.7. The summed E-state index contributed by atoms with van der Waals surface area (Å²) in [6.45, 7) is 5.36. The summed E-state index contributed by atoms with van der Waals surface area (Å²) in [6.07, 6.45) is 4.73. The highest BCUT2D eigenvalue weighted by atomic mass is 127. The van der Waals surface area contributed by atoms with Gasteiger partial charge in [-0.25, -0.2) is 0 Å². The highest BCUT2D eigenvalue weighted by Gasteiger charge is 2.24. The zero-order valence-electron chi connectivity index (χ0n) is 15.4. The molecule has 1 aromatic heterocycles. The molecule has 6 heteroatoms. The second-order valence-electron chi connectivity index (χ2n) is 6.25. The monoisotopic (exact) mass is 466 g/mol. The molecule has 1 aliphatic heterocycles. The molecule has 1 N–H and O–H groups in total. The van der Waals surface area contributed by atoms with Crippen LogP contribution in [0.15, 0.2) is 53.8 Å². The van der Waals surface area contributed by atoms with Crippen molar-refractivity contribution in [3.63, 3.8) is 0 Å². The number of nitrogens with one attached hydrogen (secondary N) is 1. The lowest BCUT2D eigenvalue weighted by Crippen LogP contribution is -2.48. The zero-order chi connectivity index (χ0) is 17.5. The first-order valence-electron chi connectivity index (χ1n) is 8.79. The molecule has 26 heavy (non-hydrogen) atoms. The summed E-state index contributed by atoms with van der Waals surface area (Å²) in [7, 11) is 1.84. The number of aryl methyl sites for hydroxylation is 1. The van der Waals surface area contributed by atoms with Crippen LogP contribution >= 0.6 is 24.0 Å². The number of pyridine rings is 1. The van der Waals surface area contributed by atoms with Gasteiger partial charge in [-0.05, 0) is 36.1 Å². The molecule has 2 aromatic rings. The summed E-state index contributed by atoms with van der Waals surface area (Å²) < 4.78 is 6.01. The number of hydrogen-bond donors (Lipinski definition) is 1. The molecule has 3 rings (SSSR count). The van der Waals surface area contributed by atoms with Crippen molar-refractivity contribution < 1.29 is 4.74 Å². The van der Waals surface area contributed by atoms with Crippen LogP contribution in [0.3, 0.4) is 0 Å². The first-order chi connectivity index (χ1) is 12.3. The minimum Gasteiger partial charge on any atom is -0.370 e. The Bertz CT molecular complexity index is 708. The van der Waals surface area contributed by atoms with E-state index in [9.17, 15) is 0 Å². The number of morpholine rings is 1. The number of hydrogen-bond acceptors (Lipinski definition) is 3. The van der Waals surface area contributed by atoms with Crippen molar-refractivity contribution in [1.82, 2.24) is 15.2 Å². The molecule has 0 bridgehead atoms. The van der Waals surface area contributed by atoms with Crippen molar-refractivity contribution >= 4 is 29.9 Å². The molecule has 1 fully saturated rings. The molecule has 1 unspecified atom stereocenters. The molecule has 0 radical (unpaired) electrons. The van der Waals surface area contributed by atoms with E-state index >= 15 is 0 Å². The molecular weight excluding hydrogens is 439 g/mol. The average molecular weight is 466 g/mol. The molecule has 1 atom stereocenters. The molecule has 140 valence electrons. The van der Waals surface area contributed by atoms with Crippen LogP contribution in [0, 0.1) is 6.92 Å². The molecule has 5 nitrogen and oxygen atoms in total. The Labute approximate surface area is 172 Å². The maximum absolute atomic E-state index is 6.01. The van der Waals surface area contributed by atoms with E-state index in [0.29, 0.717) is 6.61 Å². The summed E-state index contributed by atoms with van der Waals surface area (Å²) in [5.74, 6) is 0.936. The SMILES string of the molecule is CN=C(NCCc1cccnc1)N1CCOC(c2ccccc2C)C1.I. The lowest BCUT2D eigenvalue weighted by molar-refractivity contribution is -0.00829. The third-order valence-corrected chi connectivity index (χ3v) is 4.53. The first kappa shape index (κ1) is 20.6. The number of rotatable bonds is 4. The average Bonchev–Trinajstić information content (AvgIpc) is 2.66. The lowest BCUT2D eigenvalue weighted by Gasteiger charge is -2.35. The number of aliphatic imine (C=N–C) groups is 1. The van der Waals surface area contributed by atoms with Gasteiger partial charge in [0.1, 0.15) is 6.10 Å². The molecule has 1 aromatic carbocycles. The minimum absolute atomic E-state index is 0. The summed E-state index contributed by atoms with van der Waals surface area (Å²) in [4.78, 5) is 10.9. The van der Waals surface area contributed by atoms with Gasteiger partial charge in [-0.15, -0.1) is 24.0 Å². The van der Waals surface area contributed by atoms with Gasteiger partial charge >= 0.3 is 0 Å². The molecular formula is C20H27IN4O. The van der Waals surface area contributed by atoms with E-state index in [1.807, 2.05) is 19.3 Å². The van der Waals surface area contributed by atoms with Crippen LogP contribution in [-0.4, -0.2) is 49.1 Å². The van der Waals surface area contributed by atoms with Gasteiger partial charge in [0.2, 0.25) is 0 Å². The number of aromatic nitrogens is 1. The highest BCUT2D eigenvalue weighted by molar-refractivity contribution is 14.0. The van der Waals surface area contributed by atoms with E-state index in [1.54, 1.807) is 6.20 Å². The first-order valence-corrected chi connectivity index (χ1v) is 8.79.